The van der Waals surface area contributed by atoms with E-state index < -0.39 is 5.41 Å². The Hall–Kier alpha value is -2.42. The molecule has 2 amide bonds. The smallest absolute Gasteiger partial charge is 0.241 e. The Balaban J connectivity index is 2.03. The van der Waals surface area contributed by atoms with E-state index in [1.807, 2.05) is 36.4 Å². The summed E-state index contributed by atoms with van der Waals surface area (Å²) in [6.45, 7) is 0. The first kappa shape index (κ1) is 13.3. The third-order valence-corrected chi connectivity index (χ3v) is 4.99. The zero-order chi connectivity index (χ0) is 15.2. The first-order valence-electron chi connectivity index (χ1n) is 7.73. The summed E-state index contributed by atoms with van der Waals surface area (Å²) >= 11 is 0. The van der Waals surface area contributed by atoms with Crippen molar-refractivity contribution in [2.24, 2.45) is 0 Å². The molecule has 1 fully saturated rings. The largest absolute Gasteiger partial charge is 0.295 e. The third-order valence-electron chi connectivity index (χ3n) is 4.99. The first-order chi connectivity index (χ1) is 10.7. The third kappa shape index (κ3) is 1.75. The molecular weight excluding hydrogens is 274 g/mol. The fourth-order valence-corrected chi connectivity index (χ4v) is 3.95. The van der Waals surface area contributed by atoms with Gasteiger partial charge in [0.05, 0.1) is 0 Å². The molecule has 0 aromatic heterocycles. The predicted molar refractivity (Wildman–Crippen MR) is 83.5 cm³/mol. The van der Waals surface area contributed by atoms with Crippen LogP contribution < -0.4 is 5.32 Å². The Morgan fingerprint density at radius 1 is 0.773 bits per heavy atom. The number of amides is 2. The molecule has 1 aliphatic heterocycles. The fourth-order valence-electron chi connectivity index (χ4n) is 3.95. The highest BCUT2D eigenvalue weighted by atomic mass is 16.2. The van der Waals surface area contributed by atoms with E-state index in [1.165, 1.54) is 11.1 Å². The van der Waals surface area contributed by atoms with Gasteiger partial charge < -0.3 is 0 Å². The molecule has 1 aliphatic carbocycles. The average molecular weight is 291 g/mol. The number of carbonyl (C=O) groups is 2. The maximum absolute atomic E-state index is 12.9. The van der Waals surface area contributed by atoms with Gasteiger partial charge >= 0.3 is 0 Å². The van der Waals surface area contributed by atoms with Crippen molar-refractivity contribution in [2.75, 3.05) is 0 Å². The van der Waals surface area contributed by atoms with E-state index in [9.17, 15) is 9.59 Å². The van der Waals surface area contributed by atoms with Crippen molar-refractivity contribution in [1.29, 1.82) is 0 Å². The van der Waals surface area contributed by atoms with Crippen LogP contribution in [0.3, 0.4) is 0 Å². The molecule has 3 heteroatoms. The van der Waals surface area contributed by atoms with Crippen LogP contribution in [0.5, 0.6) is 0 Å². The highest BCUT2D eigenvalue weighted by Crippen LogP contribution is 2.44. The van der Waals surface area contributed by atoms with Crippen LogP contribution in [-0.4, -0.2) is 11.8 Å². The van der Waals surface area contributed by atoms with Crippen LogP contribution in [0.15, 0.2) is 48.5 Å². The normalized spacial score (nSPS) is 19.1. The number of carbonyl (C=O) groups excluding carboxylic acids is 2. The lowest BCUT2D eigenvalue weighted by Crippen LogP contribution is -2.52. The van der Waals surface area contributed by atoms with Gasteiger partial charge in [-0.2, -0.15) is 0 Å². The number of hydrogen-bond acceptors (Lipinski definition) is 2. The molecule has 110 valence electrons. The number of piperidine rings is 1. The molecule has 2 aliphatic rings. The van der Waals surface area contributed by atoms with Crippen LogP contribution in [0.1, 0.15) is 35.1 Å². The fraction of sp³-hybridized carbons (Fsp3) is 0.263. The van der Waals surface area contributed by atoms with E-state index in [4.69, 9.17) is 0 Å². The Kier molecular flexibility index (Phi) is 2.89. The maximum atomic E-state index is 12.9. The molecule has 0 atom stereocenters. The zero-order valence-electron chi connectivity index (χ0n) is 12.3. The van der Waals surface area contributed by atoms with Crippen LogP contribution in [0.25, 0.3) is 0 Å². The Bertz CT molecular complexity index is 731. The van der Waals surface area contributed by atoms with E-state index in [1.54, 1.807) is 0 Å². The van der Waals surface area contributed by atoms with Gasteiger partial charge in [0.15, 0.2) is 0 Å². The maximum Gasteiger partial charge on any atom is 0.241 e. The predicted octanol–water partition coefficient (Wildman–Crippen LogP) is 2.51. The van der Waals surface area contributed by atoms with Gasteiger partial charge in [-0.15, -0.1) is 0 Å². The zero-order valence-corrected chi connectivity index (χ0v) is 12.3. The highest BCUT2D eigenvalue weighted by Gasteiger charge is 2.48. The molecule has 2 aromatic rings. The summed E-state index contributed by atoms with van der Waals surface area (Å²) in [5.74, 6) is -0.347. The number of fused-ring (bicyclic) bond motifs is 4. The van der Waals surface area contributed by atoms with Crippen molar-refractivity contribution in [3.63, 3.8) is 0 Å². The molecule has 22 heavy (non-hydrogen) atoms. The molecule has 3 nitrogen and oxygen atoms in total. The molecule has 1 heterocycles. The molecule has 2 aromatic carbocycles. The van der Waals surface area contributed by atoms with Gasteiger partial charge in [-0.25, -0.2) is 0 Å². The number of aryl methyl sites for hydroxylation is 2. The Labute approximate surface area is 129 Å². The highest BCUT2D eigenvalue weighted by molar-refractivity contribution is 6.06. The second-order valence-corrected chi connectivity index (χ2v) is 6.10. The quantitative estimate of drug-likeness (QED) is 0.758. The number of rotatable bonds is 0. The standard InChI is InChI=1S/C19H17NO2/c21-17-11-12-19(18(22)20-17)15-7-3-1-5-13(15)9-10-14-6-2-4-8-16(14)19/h1-8H,9-12H2,(H,20,21,22). The summed E-state index contributed by atoms with van der Waals surface area (Å²) in [4.78, 5) is 24.6. The molecule has 0 saturated carbocycles. The monoisotopic (exact) mass is 291 g/mol. The average Bonchev–Trinajstić information content (AvgIpc) is 2.68. The SMILES string of the molecule is O=C1CCC2(C(=O)N1)c1ccccc1CCc1ccccc12. The van der Waals surface area contributed by atoms with Gasteiger partial charge in [-0.1, -0.05) is 48.5 Å². The summed E-state index contributed by atoms with van der Waals surface area (Å²) in [7, 11) is 0. The van der Waals surface area contributed by atoms with Crippen molar-refractivity contribution in [2.45, 2.75) is 31.1 Å². The van der Waals surface area contributed by atoms with Gasteiger partial charge in [0.2, 0.25) is 11.8 Å². The second kappa shape index (κ2) is 4.80. The molecule has 4 rings (SSSR count). The van der Waals surface area contributed by atoms with Crippen molar-refractivity contribution in [3.05, 3.63) is 70.8 Å². The van der Waals surface area contributed by atoms with Crippen LogP contribution in [-0.2, 0) is 27.8 Å². The van der Waals surface area contributed by atoms with Crippen molar-refractivity contribution < 1.29 is 9.59 Å². The van der Waals surface area contributed by atoms with Gasteiger partial charge in [-0.05, 0) is 41.5 Å². The minimum absolute atomic E-state index is 0.171. The molecular formula is C19H17NO2. The number of nitrogens with one attached hydrogen (secondary N) is 1. The summed E-state index contributed by atoms with van der Waals surface area (Å²) in [6, 6.07) is 16.3. The lowest BCUT2D eigenvalue weighted by molar-refractivity contribution is -0.136. The lowest BCUT2D eigenvalue weighted by Gasteiger charge is -2.37. The molecule has 1 saturated heterocycles. The van der Waals surface area contributed by atoms with E-state index >= 15 is 0 Å². The molecule has 1 N–H and O–H groups in total. The van der Waals surface area contributed by atoms with Crippen LogP contribution in [0.4, 0.5) is 0 Å². The minimum atomic E-state index is -0.725. The van der Waals surface area contributed by atoms with Crippen molar-refractivity contribution in [3.8, 4) is 0 Å². The topological polar surface area (TPSA) is 46.2 Å². The van der Waals surface area contributed by atoms with Gasteiger partial charge in [0.1, 0.15) is 5.41 Å². The van der Waals surface area contributed by atoms with E-state index in [0.717, 1.165) is 24.0 Å². The summed E-state index contributed by atoms with van der Waals surface area (Å²) < 4.78 is 0. The Morgan fingerprint density at radius 2 is 1.32 bits per heavy atom. The van der Waals surface area contributed by atoms with Crippen LogP contribution in [0.2, 0.25) is 0 Å². The molecule has 0 bridgehead atoms. The van der Waals surface area contributed by atoms with Gasteiger partial charge in [-0.3, -0.25) is 14.9 Å². The summed E-state index contributed by atoms with van der Waals surface area (Å²) in [5.41, 5.74) is 3.82. The van der Waals surface area contributed by atoms with Crippen molar-refractivity contribution in [1.82, 2.24) is 5.32 Å². The summed E-state index contributed by atoms with van der Waals surface area (Å²) in [6.07, 6.45) is 2.78. The first-order valence-corrected chi connectivity index (χ1v) is 7.73. The van der Waals surface area contributed by atoms with Crippen LogP contribution >= 0.6 is 0 Å². The molecule has 0 radical (unpaired) electrons. The number of hydrogen-bond donors (Lipinski definition) is 1. The molecule has 0 unspecified atom stereocenters. The molecule has 1 spiro atoms. The van der Waals surface area contributed by atoms with Gasteiger partial charge in [0.25, 0.3) is 0 Å². The van der Waals surface area contributed by atoms with Gasteiger partial charge in [0, 0.05) is 6.42 Å². The van der Waals surface area contributed by atoms with E-state index in [0.29, 0.717) is 12.8 Å². The van der Waals surface area contributed by atoms with Crippen molar-refractivity contribution >= 4 is 11.8 Å². The summed E-state index contributed by atoms with van der Waals surface area (Å²) in [5, 5.41) is 2.57. The second-order valence-electron chi connectivity index (χ2n) is 6.10. The minimum Gasteiger partial charge on any atom is -0.295 e. The number of imide groups is 1. The lowest BCUT2D eigenvalue weighted by atomic mass is 9.67. The number of benzene rings is 2. The van der Waals surface area contributed by atoms with Crippen LogP contribution in [0, 0.1) is 0 Å². The van der Waals surface area contributed by atoms with E-state index in [-0.39, 0.29) is 11.8 Å². The Morgan fingerprint density at radius 3 is 1.86 bits per heavy atom. The van der Waals surface area contributed by atoms with E-state index in [2.05, 4.69) is 17.4 Å².